The quantitative estimate of drug-likeness (QED) is 0.237. The Hall–Kier alpha value is -3.88. The first-order chi connectivity index (χ1) is 16.3. The minimum absolute atomic E-state index is 0.0296. The number of ether oxygens (including phenoxy) is 3. The Kier molecular flexibility index (Phi) is 6.03. The van der Waals surface area contributed by atoms with Gasteiger partial charge in [-0.05, 0) is 35.7 Å². The molecule has 34 heavy (non-hydrogen) atoms. The number of carbonyl (C=O) groups is 2. The average Bonchev–Trinajstić information content (AvgIpc) is 3.16. The standard InChI is InChI=1S/C25H26N2O7/c1-26-20-8-6-5-7-17(20)21-18(15-9-11-16(32-2)12-10-15)13-25(23(28)33-3,24(29)34-4)19(22(21)26)14-27(30)31/h5-12,18-19H,13-14H2,1-4H3/t18-,19+/m0/s1. The molecule has 0 unspecified atom stereocenters. The van der Waals surface area contributed by atoms with Gasteiger partial charge in [0.15, 0.2) is 5.41 Å². The molecule has 1 aromatic heterocycles. The molecule has 0 bridgehead atoms. The van der Waals surface area contributed by atoms with E-state index in [9.17, 15) is 19.7 Å². The maximum Gasteiger partial charge on any atom is 0.324 e. The summed E-state index contributed by atoms with van der Waals surface area (Å²) < 4.78 is 17.3. The van der Waals surface area contributed by atoms with E-state index in [2.05, 4.69) is 0 Å². The molecule has 0 radical (unpaired) electrons. The Morgan fingerprint density at radius 2 is 1.68 bits per heavy atom. The lowest BCUT2D eigenvalue weighted by molar-refractivity contribution is -0.486. The number of fused-ring (bicyclic) bond motifs is 3. The molecule has 0 N–H and O–H groups in total. The van der Waals surface area contributed by atoms with Gasteiger partial charge >= 0.3 is 11.9 Å². The number of nitro groups is 1. The summed E-state index contributed by atoms with van der Waals surface area (Å²) in [4.78, 5) is 38.0. The molecule has 9 heteroatoms. The van der Waals surface area contributed by atoms with Crippen molar-refractivity contribution in [2.75, 3.05) is 27.9 Å². The highest BCUT2D eigenvalue weighted by Crippen LogP contribution is 2.56. The van der Waals surface area contributed by atoms with Crippen LogP contribution in [0.25, 0.3) is 10.9 Å². The second kappa shape index (κ2) is 8.81. The van der Waals surface area contributed by atoms with E-state index < -0.39 is 40.7 Å². The predicted octanol–water partition coefficient (Wildman–Crippen LogP) is 3.42. The zero-order valence-electron chi connectivity index (χ0n) is 19.4. The van der Waals surface area contributed by atoms with Gasteiger partial charge in [0.05, 0.1) is 27.2 Å². The molecule has 9 nitrogen and oxygen atoms in total. The molecule has 0 saturated heterocycles. The fraction of sp³-hybridized carbons (Fsp3) is 0.360. The van der Waals surface area contributed by atoms with Crippen molar-refractivity contribution in [1.82, 2.24) is 4.57 Å². The summed E-state index contributed by atoms with van der Waals surface area (Å²) in [5.74, 6) is -2.53. The first-order valence-electron chi connectivity index (χ1n) is 10.8. The number of esters is 2. The van der Waals surface area contributed by atoms with Gasteiger partial charge in [-0.3, -0.25) is 19.7 Å². The van der Waals surface area contributed by atoms with E-state index in [1.54, 1.807) is 26.3 Å². The summed E-state index contributed by atoms with van der Waals surface area (Å²) in [6.45, 7) is -0.628. The first kappa shape index (κ1) is 23.3. The lowest BCUT2D eigenvalue weighted by atomic mass is 9.60. The molecule has 0 aliphatic heterocycles. The van der Waals surface area contributed by atoms with Crippen LogP contribution in [0.4, 0.5) is 0 Å². The van der Waals surface area contributed by atoms with Crippen LogP contribution < -0.4 is 4.74 Å². The number of methoxy groups -OCH3 is 3. The van der Waals surface area contributed by atoms with Gasteiger partial charge in [-0.1, -0.05) is 30.3 Å². The van der Waals surface area contributed by atoms with Crippen LogP contribution in [0.3, 0.4) is 0 Å². The van der Waals surface area contributed by atoms with Crippen molar-refractivity contribution >= 4 is 22.8 Å². The zero-order valence-corrected chi connectivity index (χ0v) is 19.4. The van der Waals surface area contributed by atoms with E-state index in [4.69, 9.17) is 14.2 Å². The van der Waals surface area contributed by atoms with Gasteiger partial charge in [0, 0.05) is 34.5 Å². The summed E-state index contributed by atoms with van der Waals surface area (Å²) in [5.41, 5.74) is 1.22. The molecule has 3 aromatic rings. The van der Waals surface area contributed by atoms with Crippen molar-refractivity contribution < 1.29 is 28.7 Å². The molecule has 4 rings (SSSR count). The third-order valence-corrected chi connectivity index (χ3v) is 6.94. The van der Waals surface area contributed by atoms with Crippen LogP contribution in [0, 0.1) is 15.5 Å². The maximum atomic E-state index is 13.3. The normalized spacial score (nSPS) is 18.7. The summed E-state index contributed by atoms with van der Waals surface area (Å²) in [7, 11) is 5.72. The largest absolute Gasteiger partial charge is 0.497 e. The molecule has 1 aliphatic rings. The monoisotopic (exact) mass is 466 g/mol. The zero-order chi connectivity index (χ0) is 24.6. The number of aryl methyl sites for hydroxylation is 1. The van der Waals surface area contributed by atoms with Crippen molar-refractivity contribution in [3.8, 4) is 5.75 Å². The Morgan fingerprint density at radius 1 is 1.06 bits per heavy atom. The Balaban J connectivity index is 2.10. The highest BCUT2D eigenvalue weighted by atomic mass is 16.6. The molecule has 0 fully saturated rings. The van der Waals surface area contributed by atoms with E-state index in [0.29, 0.717) is 11.4 Å². The van der Waals surface area contributed by atoms with Crippen LogP contribution in [0.2, 0.25) is 0 Å². The lowest BCUT2D eigenvalue weighted by Crippen LogP contribution is -2.52. The van der Waals surface area contributed by atoms with Gasteiger partial charge < -0.3 is 18.8 Å². The topological polar surface area (TPSA) is 110 Å². The number of hydrogen-bond acceptors (Lipinski definition) is 7. The minimum Gasteiger partial charge on any atom is -0.497 e. The second-order valence-electron chi connectivity index (χ2n) is 8.43. The van der Waals surface area contributed by atoms with Crippen molar-refractivity contribution in [3.05, 3.63) is 75.5 Å². The molecule has 1 heterocycles. The number of nitrogens with zero attached hydrogens (tertiary/aromatic N) is 2. The van der Waals surface area contributed by atoms with Gasteiger partial charge in [-0.25, -0.2) is 0 Å². The molecule has 2 aromatic carbocycles. The molecule has 0 saturated carbocycles. The highest BCUT2D eigenvalue weighted by Gasteiger charge is 2.62. The second-order valence-corrected chi connectivity index (χ2v) is 8.43. The third-order valence-electron chi connectivity index (χ3n) is 6.94. The average molecular weight is 466 g/mol. The smallest absolute Gasteiger partial charge is 0.324 e. The summed E-state index contributed by atoms with van der Waals surface area (Å²) in [5, 5.41) is 12.7. The highest BCUT2D eigenvalue weighted by molar-refractivity contribution is 6.03. The molecular weight excluding hydrogens is 440 g/mol. The fourth-order valence-electron chi connectivity index (χ4n) is 5.44. The van der Waals surface area contributed by atoms with Gasteiger partial charge in [0.1, 0.15) is 5.75 Å². The Morgan fingerprint density at radius 3 is 2.24 bits per heavy atom. The predicted molar refractivity (Wildman–Crippen MR) is 123 cm³/mol. The van der Waals surface area contributed by atoms with E-state index in [1.165, 1.54) is 14.2 Å². The van der Waals surface area contributed by atoms with E-state index in [1.807, 2.05) is 41.0 Å². The Bertz CT molecular complexity index is 1250. The van der Waals surface area contributed by atoms with Crippen molar-refractivity contribution in [3.63, 3.8) is 0 Å². The summed E-state index contributed by atoms with van der Waals surface area (Å²) >= 11 is 0. The van der Waals surface area contributed by atoms with E-state index >= 15 is 0 Å². The van der Waals surface area contributed by atoms with Crippen molar-refractivity contribution in [1.29, 1.82) is 0 Å². The van der Waals surface area contributed by atoms with E-state index in [0.717, 1.165) is 22.0 Å². The van der Waals surface area contributed by atoms with Crippen LogP contribution in [0.5, 0.6) is 5.75 Å². The Labute approximate surface area is 196 Å². The third kappa shape index (κ3) is 3.39. The van der Waals surface area contributed by atoms with Crippen LogP contribution in [-0.2, 0) is 26.1 Å². The number of aromatic nitrogens is 1. The number of hydrogen-bond donors (Lipinski definition) is 0. The molecule has 178 valence electrons. The van der Waals surface area contributed by atoms with Crippen LogP contribution in [0.15, 0.2) is 48.5 Å². The van der Waals surface area contributed by atoms with Gasteiger partial charge in [-0.2, -0.15) is 0 Å². The number of carbonyl (C=O) groups excluding carboxylic acids is 2. The minimum atomic E-state index is -1.89. The van der Waals surface area contributed by atoms with Crippen LogP contribution >= 0.6 is 0 Å². The lowest BCUT2D eigenvalue weighted by Gasteiger charge is -2.41. The van der Waals surface area contributed by atoms with Gasteiger partial charge in [-0.15, -0.1) is 0 Å². The number of para-hydroxylation sites is 1. The first-order valence-corrected chi connectivity index (χ1v) is 10.8. The fourth-order valence-corrected chi connectivity index (χ4v) is 5.44. The number of benzene rings is 2. The molecular formula is C25H26N2O7. The van der Waals surface area contributed by atoms with E-state index in [-0.39, 0.29) is 6.42 Å². The molecule has 1 aliphatic carbocycles. The molecule has 0 spiro atoms. The SMILES string of the molecule is COC(=O)C1(C(=O)OC)C[C@@H](c2ccc(OC)cc2)c2c(n(C)c3ccccc23)[C@H]1C[N+](=O)[O-]. The summed E-state index contributed by atoms with van der Waals surface area (Å²) in [6, 6.07) is 15.0. The van der Waals surface area contributed by atoms with Crippen LogP contribution in [-0.4, -0.2) is 49.3 Å². The van der Waals surface area contributed by atoms with Crippen molar-refractivity contribution in [2.24, 2.45) is 12.5 Å². The van der Waals surface area contributed by atoms with Gasteiger partial charge in [0.2, 0.25) is 6.54 Å². The van der Waals surface area contributed by atoms with Crippen LogP contribution in [0.1, 0.15) is 35.1 Å². The number of rotatable bonds is 6. The van der Waals surface area contributed by atoms with Gasteiger partial charge in [0.25, 0.3) is 0 Å². The van der Waals surface area contributed by atoms with Crippen molar-refractivity contribution in [2.45, 2.75) is 18.3 Å². The molecule has 2 atom stereocenters. The molecule has 0 amide bonds. The maximum absolute atomic E-state index is 13.3. The summed E-state index contributed by atoms with van der Waals surface area (Å²) in [6.07, 6.45) is -0.0296.